The number of ketones is 1. The zero-order valence-corrected chi connectivity index (χ0v) is 15.0. The molecule has 0 bridgehead atoms. The average molecular weight is 323 g/mol. The number of hydrogen-bond donors (Lipinski definition) is 0. The Morgan fingerprint density at radius 2 is 1.82 bits per heavy atom. The van der Waals surface area contributed by atoms with Gasteiger partial charge in [-0.15, -0.1) is 6.58 Å². The van der Waals surface area contributed by atoms with Crippen molar-refractivity contribution < 1.29 is 9.53 Å². The van der Waals surface area contributed by atoms with Gasteiger partial charge >= 0.3 is 0 Å². The first-order chi connectivity index (χ1) is 10.6. The van der Waals surface area contributed by atoms with Gasteiger partial charge in [0.25, 0.3) is 0 Å². The normalized spacial score (nSPS) is 21.3. The van der Waals surface area contributed by atoms with Crippen LogP contribution in [0.1, 0.15) is 65.2 Å². The number of carbonyl (C=O) groups excluding carboxylic acids is 1. The SMILES string of the molecule is C=CCOC1=C(CC=C)C(=O)C(C)(CCCCCCCC)S1. The van der Waals surface area contributed by atoms with E-state index in [2.05, 4.69) is 27.0 Å². The van der Waals surface area contributed by atoms with Crippen LogP contribution in [0.25, 0.3) is 0 Å². The molecular formula is C19H30O2S. The predicted octanol–water partition coefficient (Wildman–Crippen LogP) is 5.80. The van der Waals surface area contributed by atoms with Gasteiger partial charge in [-0.3, -0.25) is 4.79 Å². The molecule has 0 N–H and O–H groups in total. The number of ether oxygens (including phenoxy) is 1. The zero-order valence-electron chi connectivity index (χ0n) is 14.2. The largest absolute Gasteiger partial charge is 0.483 e. The van der Waals surface area contributed by atoms with Gasteiger partial charge in [-0.2, -0.15) is 0 Å². The first kappa shape index (κ1) is 19.1. The Kier molecular flexibility index (Phi) is 8.62. The minimum Gasteiger partial charge on any atom is -0.483 e. The molecule has 0 aromatic carbocycles. The third kappa shape index (κ3) is 5.35. The molecular weight excluding hydrogens is 292 g/mol. The van der Waals surface area contributed by atoms with Gasteiger partial charge in [0, 0.05) is 5.57 Å². The Bertz CT molecular complexity index is 425. The standard InChI is InChI=1S/C19H30O2S/c1-5-8-9-10-11-12-14-19(4)17(20)16(13-6-2)18(22-19)21-15-7-3/h6-7H,2-3,5,8-15H2,1,4H3. The maximum Gasteiger partial charge on any atom is 0.179 e. The van der Waals surface area contributed by atoms with Crippen molar-refractivity contribution in [1.82, 2.24) is 0 Å². The summed E-state index contributed by atoms with van der Waals surface area (Å²) in [7, 11) is 0. The Morgan fingerprint density at radius 1 is 1.14 bits per heavy atom. The minimum atomic E-state index is -0.362. The van der Waals surface area contributed by atoms with Crippen LogP contribution in [0.15, 0.2) is 36.0 Å². The molecule has 0 saturated heterocycles. The van der Waals surface area contributed by atoms with Crippen molar-refractivity contribution in [2.75, 3.05) is 6.61 Å². The van der Waals surface area contributed by atoms with Crippen LogP contribution < -0.4 is 0 Å². The molecule has 0 spiro atoms. The van der Waals surface area contributed by atoms with Crippen molar-refractivity contribution in [3.8, 4) is 0 Å². The summed E-state index contributed by atoms with van der Waals surface area (Å²) in [4.78, 5) is 12.7. The number of rotatable bonds is 12. The minimum absolute atomic E-state index is 0.227. The summed E-state index contributed by atoms with van der Waals surface area (Å²) >= 11 is 1.59. The zero-order chi connectivity index (χ0) is 16.4. The quantitative estimate of drug-likeness (QED) is 0.335. The van der Waals surface area contributed by atoms with Crippen LogP contribution >= 0.6 is 11.8 Å². The molecule has 0 aliphatic carbocycles. The molecule has 22 heavy (non-hydrogen) atoms. The Balaban J connectivity index is 2.55. The number of allylic oxidation sites excluding steroid dienone is 2. The predicted molar refractivity (Wildman–Crippen MR) is 97.0 cm³/mol. The first-order valence-electron chi connectivity index (χ1n) is 8.40. The van der Waals surface area contributed by atoms with Crippen molar-refractivity contribution in [3.05, 3.63) is 36.0 Å². The number of Topliss-reactive ketones (excluding diaryl/α,β-unsaturated/α-hetero) is 1. The highest BCUT2D eigenvalue weighted by Crippen LogP contribution is 2.47. The lowest BCUT2D eigenvalue weighted by molar-refractivity contribution is -0.117. The molecule has 0 aromatic rings. The third-order valence-corrected chi connectivity index (χ3v) is 5.40. The van der Waals surface area contributed by atoms with E-state index in [4.69, 9.17) is 4.74 Å². The van der Waals surface area contributed by atoms with E-state index in [1.807, 2.05) is 0 Å². The van der Waals surface area contributed by atoms with E-state index in [1.54, 1.807) is 23.9 Å². The van der Waals surface area contributed by atoms with Gasteiger partial charge < -0.3 is 4.74 Å². The summed E-state index contributed by atoms with van der Waals surface area (Å²) in [5.41, 5.74) is 0.787. The summed E-state index contributed by atoms with van der Waals surface area (Å²) in [6, 6.07) is 0. The molecule has 1 aliphatic rings. The molecule has 1 rings (SSSR count). The van der Waals surface area contributed by atoms with Crippen LogP contribution in [0.5, 0.6) is 0 Å². The van der Waals surface area contributed by atoms with E-state index in [9.17, 15) is 4.79 Å². The number of unbranched alkanes of at least 4 members (excludes halogenated alkanes) is 5. The highest BCUT2D eigenvalue weighted by Gasteiger charge is 2.44. The van der Waals surface area contributed by atoms with Crippen molar-refractivity contribution in [2.24, 2.45) is 0 Å². The molecule has 1 aliphatic heterocycles. The molecule has 2 nitrogen and oxygen atoms in total. The molecule has 0 saturated carbocycles. The second kappa shape index (κ2) is 9.94. The highest BCUT2D eigenvalue weighted by atomic mass is 32.2. The van der Waals surface area contributed by atoms with Crippen molar-refractivity contribution in [1.29, 1.82) is 0 Å². The summed E-state index contributed by atoms with van der Waals surface area (Å²) in [5.74, 6) is 0.227. The molecule has 3 heteroatoms. The lowest BCUT2D eigenvalue weighted by Crippen LogP contribution is -2.28. The maximum absolute atomic E-state index is 12.7. The van der Waals surface area contributed by atoms with Crippen LogP contribution in [0.2, 0.25) is 0 Å². The maximum atomic E-state index is 12.7. The van der Waals surface area contributed by atoms with Crippen LogP contribution in [0.3, 0.4) is 0 Å². The van der Waals surface area contributed by atoms with Gasteiger partial charge in [0.2, 0.25) is 0 Å². The summed E-state index contributed by atoms with van der Waals surface area (Å²) in [6.45, 7) is 12.2. The molecule has 1 heterocycles. The van der Waals surface area contributed by atoms with E-state index >= 15 is 0 Å². The van der Waals surface area contributed by atoms with Crippen LogP contribution in [0, 0.1) is 0 Å². The number of thioether (sulfide) groups is 1. The van der Waals surface area contributed by atoms with Gasteiger partial charge in [-0.1, -0.05) is 75.9 Å². The average Bonchev–Trinajstić information content (AvgIpc) is 2.74. The first-order valence-corrected chi connectivity index (χ1v) is 9.22. The van der Waals surface area contributed by atoms with E-state index in [0.29, 0.717) is 13.0 Å². The number of hydrogen-bond acceptors (Lipinski definition) is 3. The van der Waals surface area contributed by atoms with Gasteiger partial charge in [0.1, 0.15) is 6.61 Å². The summed E-state index contributed by atoms with van der Waals surface area (Å²) in [6.07, 6.45) is 12.5. The molecule has 124 valence electrons. The Hall–Kier alpha value is -0.960. The fourth-order valence-electron chi connectivity index (χ4n) is 2.70. The van der Waals surface area contributed by atoms with Gasteiger partial charge in [-0.05, 0) is 19.8 Å². The van der Waals surface area contributed by atoms with Crippen LogP contribution in [-0.4, -0.2) is 17.1 Å². The van der Waals surface area contributed by atoms with Crippen molar-refractivity contribution in [3.63, 3.8) is 0 Å². The third-order valence-electron chi connectivity index (χ3n) is 4.01. The Morgan fingerprint density at radius 3 is 2.45 bits per heavy atom. The lowest BCUT2D eigenvalue weighted by atomic mass is 9.92. The van der Waals surface area contributed by atoms with E-state index < -0.39 is 0 Å². The topological polar surface area (TPSA) is 26.3 Å². The second-order valence-corrected chi connectivity index (χ2v) is 7.51. The molecule has 0 amide bonds. The molecule has 0 aromatic heterocycles. The number of carbonyl (C=O) groups is 1. The van der Waals surface area contributed by atoms with Crippen molar-refractivity contribution in [2.45, 2.75) is 70.0 Å². The fraction of sp³-hybridized carbons (Fsp3) is 0.632. The molecule has 0 radical (unpaired) electrons. The highest BCUT2D eigenvalue weighted by molar-refractivity contribution is 8.05. The van der Waals surface area contributed by atoms with E-state index in [0.717, 1.165) is 23.5 Å². The van der Waals surface area contributed by atoms with Gasteiger partial charge in [-0.25, -0.2) is 0 Å². The lowest BCUT2D eigenvalue weighted by Gasteiger charge is -2.21. The fourth-order valence-corrected chi connectivity index (χ4v) is 4.00. The summed E-state index contributed by atoms with van der Waals surface area (Å²) in [5, 5.41) is 0.776. The second-order valence-electron chi connectivity index (χ2n) is 6.04. The molecule has 0 fully saturated rings. The van der Waals surface area contributed by atoms with E-state index in [1.165, 1.54) is 32.1 Å². The summed E-state index contributed by atoms with van der Waals surface area (Å²) < 4.78 is 5.34. The van der Waals surface area contributed by atoms with Gasteiger partial charge in [0.05, 0.1) is 4.75 Å². The van der Waals surface area contributed by atoms with Crippen LogP contribution in [-0.2, 0) is 9.53 Å². The van der Waals surface area contributed by atoms with Crippen LogP contribution in [0.4, 0.5) is 0 Å². The van der Waals surface area contributed by atoms with Crippen molar-refractivity contribution >= 4 is 17.5 Å². The molecule has 1 unspecified atom stereocenters. The molecule has 1 atom stereocenters. The smallest absolute Gasteiger partial charge is 0.179 e. The van der Waals surface area contributed by atoms with E-state index in [-0.39, 0.29) is 10.5 Å². The Labute approximate surface area is 140 Å². The monoisotopic (exact) mass is 322 g/mol. The van der Waals surface area contributed by atoms with Gasteiger partial charge in [0.15, 0.2) is 10.9 Å².